The van der Waals surface area contributed by atoms with E-state index in [1.54, 1.807) is 0 Å². The van der Waals surface area contributed by atoms with Crippen molar-refractivity contribution < 1.29 is 4.79 Å². The highest BCUT2D eigenvalue weighted by atomic mass is 16.2. The van der Waals surface area contributed by atoms with Crippen molar-refractivity contribution in [3.05, 3.63) is 12.2 Å². The molecule has 0 N–H and O–H groups in total. The van der Waals surface area contributed by atoms with Crippen molar-refractivity contribution in [2.75, 3.05) is 27.2 Å². The van der Waals surface area contributed by atoms with E-state index < -0.39 is 0 Å². The molecule has 17 heavy (non-hydrogen) atoms. The van der Waals surface area contributed by atoms with Crippen LogP contribution in [-0.2, 0) is 4.79 Å². The Labute approximate surface area is 104 Å². The zero-order chi connectivity index (χ0) is 12.3. The fraction of sp³-hybridized carbons (Fsp3) is 0.786. The Morgan fingerprint density at radius 1 is 1.24 bits per heavy atom. The lowest BCUT2D eigenvalue weighted by atomic mass is 9.92. The molecule has 0 aromatic heterocycles. The Balaban J connectivity index is 1.88. The third kappa shape index (κ3) is 3.09. The van der Waals surface area contributed by atoms with E-state index in [4.69, 9.17) is 0 Å². The van der Waals surface area contributed by atoms with Gasteiger partial charge in [0.2, 0.25) is 5.91 Å². The number of carbonyl (C=O) groups is 1. The van der Waals surface area contributed by atoms with Gasteiger partial charge in [-0.05, 0) is 52.2 Å². The van der Waals surface area contributed by atoms with Gasteiger partial charge in [0.1, 0.15) is 0 Å². The minimum Gasteiger partial charge on any atom is -0.342 e. The molecule has 96 valence electrons. The summed E-state index contributed by atoms with van der Waals surface area (Å²) in [5.74, 6) is 0.605. The molecular weight excluding hydrogens is 212 g/mol. The Hall–Kier alpha value is -0.830. The summed E-state index contributed by atoms with van der Waals surface area (Å²) in [7, 11) is 4.15. The van der Waals surface area contributed by atoms with Crippen LogP contribution in [0.5, 0.6) is 0 Å². The number of amides is 1. The number of rotatable bonds is 2. The zero-order valence-corrected chi connectivity index (χ0v) is 11.1. The molecule has 1 unspecified atom stereocenters. The number of hydrogen-bond donors (Lipinski definition) is 0. The zero-order valence-electron chi connectivity index (χ0n) is 11.1. The summed E-state index contributed by atoms with van der Waals surface area (Å²) in [5.41, 5.74) is 0. The first kappa shape index (κ1) is 12.6. The molecule has 3 nitrogen and oxygen atoms in total. The second-order valence-electron chi connectivity index (χ2n) is 5.46. The molecule has 1 fully saturated rings. The van der Waals surface area contributed by atoms with E-state index in [2.05, 4.69) is 24.1 Å². The molecule has 1 heterocycles. The number of likely N-dealkylation sites (tertiary alicyclic amines) is 1. The van der Waals surface area contributed by atoms with Crippen molar-refractivity contribution in [2.24, 2.45) is 5.92 Å². The van der Waals surface area contributed by atoms with Crippen LogP contribution in [0.2, 0.25) is 0 Å². The van der Waals surface area contributed by atoms with Crippen molar-refractivity contribution >= 4 is 5.91 Å². The van der Waals surface area contributed by atoms with Gasteiger partial charge in [-0.1, -0.05) is 12.2 Å². The number of hydrogen-bond acceptors (Lipinski definition) is 2. The average Bonchev–Trinajstić information content (AvgIpc) is 2.39. The predicted octanol–water partition coefficient (Wildman–Crippen LogP) is 1.90. The van der Waals surface area contributed by atoms with Crippen LogP contribution in [0.4, 0.5) is 0 Å². The van der Waals surface area contributed by atoms with E-state index >= 15 is 0 Å². The van der Waals surface area contributed by atoms with Gasteiger partial charge in [-0.25, -0.2) is 0 Å². The predicted molar refractivity (Wildman–Crippen MR) is 69.8 cm³/mol. The van der Waals surface area contributed by atoms with E-state index in [9.17, 15) is 4.79 Å². The van der Waals surface area contributed by atoms with Crippen LogP contribution in [0.25, 0.3) is 0 Å². The van der Waals surface area contributed by atoms with E-state index in [0.717, 1.165) is 45.2 Å². The van der Waals surface area contributed by atoms with E-state index in [0.29, 0.717) is 11.9 Å². The Kier molecular flexibility index (Phi) is 4.21. The lowest BCUT2D eigenvalue weighted by Gasteiger charge is -2.37. The van der Waals surface area contributed by atoms with Crippen LogP contribution in [0.3, 0.4) is 0 Å². The topological polar surface area (TPSA) is 23.6 Å². The molecule has 1 amide bonds. The lowest BCUT2D eigenvalue weighted by molar-refractivity contribution is -0.137. The number of allylic oxidation sites excluding steroid dienone is 2. The molecule has 0 spiro atoms. The number of carbonyl (C=O) groups excluding carboxylic acids is 1. The molecule has 0 saturated carbocycles. The van der Waals surface area contributed by atoms with Crippen LogP contribution >= 0.6 is 0 Å². The first-order valence-corrected chi connectivity index (χ1v) is 6.78. The molecular formula is C14H24N2O. The largest absolute Gasteiger partial charge is 0.342 e. The van der Waals surface area contributed by atoms with Crippen LogP contribution in [-0.4, -0.2) is 48.9 Å². The number of nitrogens with zero attached hydrogens (tertiary/aromatic N) is 2. The molecule has 0 radical (unpaired) electrons. The maximum atomic E-state index is 12.4. The van der Waals surface area contributed by atoms with Gasteiger partial charge in [-0.3, -0.25) is 4.79 Å². The van der Waals surface area contributed by atoms with Gasteiger partial charge >= 0.3 is 0 Å². The molecule has 1 saturated heterocycles. The summed E-state index contributed by atoms with van der Waals surface area (Å²) in [6.07, 6.45) is 9.65. The summed E-state index contributed by atoms with van der Waals surface area (Å²) in [5, 5.41) is 0. The highest BCUT2D eigenvalue weighted by molar-refractivity contribution is 5.79. The van der Waals surface area contributed by atoms with Gasteiger partial charge in [0, 0.05) is 19.0 Å². The van der Waals surface area contributed by atoms with Crippen LogP contribution in [0.1, 0.15) is 32.1 Å². The summed E-state index contributed by atoms with van der Waals surface area (Å²) in [6.45, 7) is 2.24. The summed E-state index contributed by atoms with van der Waals surface area (Å²) in [6, 6.07) is 0.463. The van der Waals surface area contributed by atoms with Crippen LogP contribution < -0.4 is 0 Å². The van der Waals surface area contributed by atoms with Gasteiger partial charge in [0.25, 0.3) is 0 Å². The molecule has 0 bridgehead atoms. The minimum atomic E-state index is 0.240. The highest BCUT2D eigenvalue weighted by Crippen LogP contribution is 2.23. The normalized spacial score (nSPS) is 27.1. The minimum absolute atomic E-state index is 0.240. The van der Waals surface area contributed by atoms with Crippen LogP contribution in [0.15, 0.2) is 12.2 Å². The van der Waals surface area contributed by atoms with Gasteiger partial charge < -0.3 is 9.80 Å². The first-order valence-electron chi connectivity index (χ1n) is 6.78. The first-order chi connectivity index (χ1) is 8.18. The smallest absolute Gasteiger partial charge is 0.225 e. The average molecular weight is 236 g/mol. The summed E-state index contributed by atoms with van der Waals surface area (Å²) in [4.78, 5) is 16.7. The molecule has 2 aliphatic rings. The summed E-state index contributed by atoms with van der Waals surface area (Å²) >= 11 is 0. The monoisotopic (exact) mass is 236 g/mol. The van der Waals surface area contributed by atoms with E-state index in [1.807, 2.05) is 11.9 Å². The van der Waals surface area contributed by atoms with Gasteiger partial charge in [0.15, 0.2) is 0 Å². The van der Waals surface area contributed by atoms with E-state index in [-0.39, 0.29) is 5.92 Å². The third-order valence-corrected chi connectivity index (χ3v) is 4.20. The second-order valence-corrected chi connectivity index (χ2v) is 5.46. The molecule has 1 aliphatic heterocycles. The van der Waals surface area contributed by atoms with Crippen molar-refractivity contribution in [3.63, 3.8) is 0 Å². The molecule has 0 aromatic rings. The fourth-order valence-corrected chi connectivity index (χ4v) is 2.87. The molecule has 3 heteroatoms. The highest BCUT2D eigenvalue weighted by Gasteiger charge is 2.28. The Bertz CT molecular complexity index is 293. The van der Waals surface area contributed by atoms with E-state index in [1.165, 1.54) is 0 Å². The Morgan fingerprint density at radius 3 is 2.53 bits per heavy atom. The van der Waals surface area contributed by atoms with Crippen molar-refractivity contribution in [1.82, 2.24) is 9.80 Å². The quantitative estimate of drug-likeness (QED) is 0.684. The fourth-order valence-electron chi connectivity index (χ4n) is 2.87. The Morgan fingerprint density at radius 2 is 1.94 bits per heavy atom. The summed E-state index contributed by atoms with van der Waals surface area (Å²) < 4.78 is 0. The molecule has 1 atom stereocenters. The molecule has 2 rings (SSSR count). The molecule has 1 aliphatic carbocycles. The van der Waals surface area contributed by atoms with Gasteiger partial charge in [-0.2, -0.15) is 0 Å². The van der Waals surface area contributed by atoms with Crippen molar-refractivity contribution in [2.45, 2.75) is 38.1 Å². The number of piperidine rings is 1. The van der Waals surface area contributed by atoms with Gasteiger partial charge in [-0.15, -0.1) is 0 Å². The van der Waals surface area contributed by atoms with Gasteiger partial charge in [0.05, 0.1) is 0 Å². The maximum Gasteiger partial charge on any atom is 0.225 e. The third-order valence-electron chi connectivity index (χ3n) is 4.20. The van der Waals surface area contributed by atoms with Crippen LogP contribution in [0, 0.1) is 5.92 Å². The standard InChI is InChI=1S/C14H24N2O/c1-15-10-8-13(9-11-15)16(2)14(17)12-6-4-3-5-7-12/h3-4,12-13H,5-11H2,1-2H3. The maximum absolute atomic E-state index is 12.4. The van der Waals surface area contributed by atoms with Crippen molar-refractivity contribution in [3.8, 4) is 0 Å². The molecule has 0 aromatic carbocycles. The lowest BCUT2D eigenvalue weighted by Crippen LogP contribution is -2.46. The second kappa shape index (κ2) is 5.67. The SMILES string of the molecule is CN1CCC(N(C)C(=O)C2CC=CCC2)CC1. The van der Waals surface area contributed by atoms with Crippen molar-refractivity contribution in [1.29, 1.82) is 0 Å².